The molecule has 1 amide bonds. The van der Waals surface area contributed by atoms with Crippen LogP contribution in [0.3, 0.4) is 0 Å². The van der Waals surface area contributed by atoms with Crippen molar-refractivity contribution in [2.75, 3.05) is 7.05 Å². The van der Waals surface area contributed by atoms with Crippen LogP contribution in [-0.2, 0) is 16.1 Å². The lowest BCUT2D eigenvalue weighted by atomic mass is 10.4. The number of ether oxygens (including phenoxy) is 1. The van der Waals surface area contributed by atoms with Gasteiger partial charge in [0.15, 0.2) is 0 Å². The van der Waals surface area contributed by atoms with Crippen molar-refractivity contribution in [3.63, 3.8) is 0 Å². The average molecular weight is 225 g/mol. The highest BCUT2D eigenvalue weighted by molar-refractivity contribution is 5.91. The fourth-order valence-electron chi connectivity index (χ4n) is 1.13. The highest BCUT2D eigenvalue weighted by Gasteiger charge is 2.10. The summed E-state index contributed by atoms with van der Waals surface area (Å²) in [5.41, 5.74) is 0.278. The molecule has 0 unspecified atom stereocenters. The van der Waals surface area contributed by atoms with Gasteiger partial charge in [0, 0.05) is 13.2 Å². The zero-order valence-electron chi connectivity index (χ0n) is 9.56. The van der Waals surface area contributed by atoms with Crippen LogP contribution < -0.4 is 5.32 Å². The maximum Gasteiger partial charge on any atom is 0.328 e. The van der Waals surface area contributed by atoms with Crippen molar-refractivity contribution >= 4 is 11.9 Å². The number of hydrogen-bond acceptors (Lipinski definition) is 4. The molecule has 0 saturated heterocycles. The first-order valence-corrected chi connectivity index (χ1v) is 4.98. The molecule has 0 bridgehead atoms. The molecule has 1 rings (SSSR count). The zero-order valence-corrected chi connectivity index (χ0v) is 9.56. The Morgan fingerprint density at radius 2 is 2.25 bits per heavy atom. The Bertz CT molecular complexity index is 384. The van der Waals surface area contributed by atoms with Gasteiger partial charge in [-0.15, -0.1) is 0 Å². The summed E-state index contributed by atoms with van der Waals surface area (Å²) in [6.07, 6.45) is 1.41. The maximum atomic E-state index is 11.3. The number of esters is 1. The SMILES string of the molecule is CNC(=O)c1ccn(CC(=O)OC(C)C)n1. The number of amides is 1. The number of nitrogens with zero attached hydrogens (tertiary/aromatic N) is 2. The van der Waals surface area contributed by atoms with Gasteiger partial charge in [0.1, 0.15) is 12.2 Å². The lowest BCUT2D eigenvalue weighted by Crippen LogP contribution is -2.20. The van der Waals surface area contributed by atoms with Crippen molar-refractivity contribution in [3.8, 4) is 0 Å². The number of aromatic nitrogens is 2. The minimum Gasteiger partial charge on any atom is -0.462 e. The summed E-state index contributed by atoms with van der Waals surface area (Å²) in [5, 5.41) is 6.38. The van der Waals surface area contributed by atoms with Crippen LogP contribution in [0.15, 0.2) is 12.3 Å². The molecule has 0 aliphatic carbocycles. The molecule has 0 atom stereocenters. The van der Waals surface area contributed by atoms with Gasteiger partial charge in [-0.3, -0.25) is 14.3 Å². The van der Waals surface area contributed by atoms with E-state index in [9.17, 15) is 9.59 Å². The molecule has 1 aromatic rings. The largest absolute Gasteiger partial charge is 0.462 e. The van der Waals surface area contributed by atoms with Gasteiger partial charge < -0.3 is 10.1 Å². The molecule has 1 heterocycles. The highest BCUT2D eigenvalue weighted by Crippen LogP contribution is 1.97. The van der Waals surface area contributed by atoms with Gasteiger partial charge in [0.2, 0.25) is 0 Å². The van der Waals surface area contributed by atoms with E-state index in [1.54, 1.807) is 26.1 Å². The highest BCUT2D eigenvalue weighted by atomic mass is 16.5. The molecule has 1 aromatic heterocycles. The quantitative estimate of drug-likeness (QED) is 0.742. The Morgan fingerprint density at radius 3 is 2.81 bits per heavy atom. The lowest BCUT2D eigenvalue weighted by molar-refractivity contribution is -0.148. The second-order valence-corrected chi connectivity index (χ2v) is 3.52. The molecule has 6 heteroatoms. The second kappa shape index (κ2) is 5.29. The maximum absolute atomic E-state index is 11.3. The molecule has 0 saturated carbocycles. The van der Waals surface area contributed by atoms with Crippen LogP contribution in [0, 0.1) is 0 Å². The van der Waals surface area contributed by atoms with Gasteiger partial charge in [0.25, 0.3) is 5.91 Å². The third-order valence-corrected chi connectivity index (χ3v) is 1.76. The molecule has 0 aliphatic heterocycles. The number of carbonyl (C=O) groups is 2. The third kappa shape index (κ3) is 3.38. The summed E-state index contributed by atoms with van der Waals surface area (Å²) >= 11 is 0. The molecule has 0 fully saturated rings. The van der Waals surface area contributed by atoms with Crippen LogP contribution in [0.1, 0.15) is 24.3 Å². The first kappa shape index (κ1) is 12.2. The Labute approximate surface area is 93.6 Å². The van der Waals surface area contributed by atoms with E-state index in [0.29, 0.717) is 0 Å². The van der Waals surface area contributed by atoms with Crippen LogP contribution in [0.25, 0.3) is 0 Å². The molecule has 16 heavy (non-hydrogen) atoms. The van der Waals surface area contributed by atoms with E-state index in [4.69, 9.17) is 4.74 Å². The van der Waals surface area contributed by atoms with Gasteiger partial charge in [-0.1, -0.05) is 0 Å². The van der Waals surface area contributed by atoms with Gasteiger partial charge >= 0.3 is 5.97 Å². The van der Waals surface area contributed by atoms with Gasteiger partial charge in [-0.2, -0.15) is 5.10 Å². The van der Waals surface area contributed by atoms with Gasteiger partial charge in [-0.05, 0) is 19.9 Å². The van der Waals surface area contributed by atoms with E-state index < -0.39 is 0 Å². The standard InChI is InChI=1S/C10H15N3O3/c1-7(2)16-9(14)6-13-5-4-8(12-13)10(15)11-3/h4-5,7H,6H2,1-3H3,(H,11,15). The number of hydrogen-bond donors (Lipinski definition) is 1. The number of nitrogens with one attached hydrogen (secondary N) is 1. The normalized spacial score (nSPS) is 10.2. The third-order valence-electron chi connectivity index (χ3n) is 1.76. The molecule has 6 nitrogen and oxygen atoms in total. The summed E-state index contributed by atoms with van der Waals surface area (Å²) in [5.74, 6) is -0.655. The monoisotopic (exact) mass is 225 g/mol. The molecule has 0 spiro atoms. The predicted octanol–water partition coefficient (Wildman–Crippen LogP) is 0.194. The van der Waals surface area contributed by atoms with Crippen LogP contribution in [-0.4, -0.2) is 34.8 Å². The Kier molecular flexibility index (Phi) is 4.04. The predicted molar refractivity (Wildman–Crippen MR) is 56.8 cm³/mol. The van der Waals surface area contributed by atoms with Gasteiger partial charge in [0.05, 0.1) is 6.10 Å². The number of rotatable bonds is 4. The fraction of sp³-hybridized carbons (Fsp3) is 0.500. The van der Waals surface area contributed by atoms with Crippen LogP contribution >= 0.6 is 0 Å². The molecule has 0 aromatic carbocycles. The van der Waals surface area contributed by atoms with Crippen molar-refractivity contribution in [1.82, 2.24) is 15.1 Å². The summed E-state index contributed by atoms with van der Waals surface area (Å²) < 4.78 is 6.32. The molecular weight excluding hydrogens is 210 g/mol. The first-order chi connectivity index (χ1) is 7.52. The van der Waals surface area contributed by atoms with Gasteiger partial charge in [-0.25, -0.2) is 0 Å². The van der Waals surface area contributed by atoms with Crippen LogP contribution in [0.4, 0.5) is 0 Å². The second-order valence-electron chi connectivity index (χ2n) is 3.52. The van der Waals surface area contributed by atoms with E-state index in [0.717, 1.165) is 0 Å². The summed E-state index contributed by atoms with van der Waals surface area (Å²) in [6, 6.07) is 1.54. The minimum absolute atomic E-state index is 0.00910. The van der Waals surface area contributed by atoms with Crippen LogP contribution in [0.5, 0.6) is 0 Å². The van der Waals surface area contributed by atoms with Crippen molar-refractivity contribution in [3.05, 3.63) is 18.0 Å². The molecular formula is C10H15N3O3. The van der Waals surface area contributed by atoms with Crippen molar-refractivity contribution < 1.29 is 14.3 Å². The average Bonchev–Trinajstić information content (AvgIpc) is 2.63. The Hall–Kier alpha value is -1.85. The lowest BCUT2D eigenvalue weighted by Gasteiger charge is -2.07. The molecule has 0 aliphatic rings. The summed E-state index contributed by atoms with van der Waals surface area (Å²) in [7, 11) is 1.52. The van der Waals surface area contributed by atoms with E-state index in [1.807, 2.05) is 0 Å². The van der Waals surface area contributed by atoms with E-state index in [2.05, 4.69) is 10.4 Å². The minimum atomic E-state index is -0.374. The van der Waals surface area contributed by atoms with E-state index >= 15 is 0 Å². The Morgan fingerprint density at radius 1 is 1.56 bits per heavy atom. The van der Waals surface area contributed by atoms with Crippen molar-refractivity contribution in [1.29, 1.82) is 0 Å². The summed E-state index contributed by atoms with van der Waals surface area (Å²) in [4.78, 5) is 22.5. The summed E-state index contributed by atoms with van der Waals surface area (Å²) in [6.45, 7) is 3.56. The van der Waals surface area contributed by atoms with E-state index in [-0.39, 0.29) is 30.2 Å². The number of carbonyl (C=O) groups excluding carboxylic acids is 2. The molecule has 0 radical (unpaired) electrons. The first-order valence-electron chi connectivity index (χ1n) is 4.98. The zero-order chi connectivity index (χ0) is 12.1. The molecule has 88 valence electrons. The smallest absolute Gasteiger partial charge is 0.328 e. The topological polar surface area (TPSA) is 73.2 Å². The van der Waals surface area contributed by atoms with Crippen molar-refractivity contribution in [2.45, 2.75) is 26.5 Å². The van der Waals surface area contributed by atoms with Crippen molar-refractivity contribution in [2.24, 2.45) is 0 Å². The fourth-order valence-corrected chi connectivity index (χ4v) is 1.13. The van der Waals surface area contributed by atoms with Crippen LogP contribution in [0.2, 0.25) is 0 Å². The molecule has 1 N–H and O–H groups in total. The van der Waals surface area contributed by atoms with E-state index in [1.165, 1.54) is 11.7 Å². The Balaban J connectivity index is 2.58.